The van der Waals surface area contributed by atoms with Gasteiger partial charge >= 0.3 is 0 Å². The van der Waals surface area contributed by atoms with Crippen molar-refractivity contribution in [1.82, 2.24) is 0 Å². The zero-order chi connectivity index (χ0) is 11.5. The van der Waals surface area contributed by atoms with Gasteiger partial charge in [-0.1, -0.05) is 32.6 Å². The molecule has 0 spiro atoms. The highest BCUT2D eigenvalue weighted by Gasteiger charge is 2.81. The third-order valence-electron chi connectivity index (χ3n) is 4.69. The lowest BCUT2D eigenvalue weighted by molar-refractivity contribution is -0.600. The molecule has 6 aliphatic heterocycles. The molecule has 0 aromatic carbocycles. The summed E-state index contributed by atoms with van der Waals surface area (Å²) in [6.07, 6.45) is 8.36. The Labute approximate surface area is 102 Å². The van der Waals surface area contributed by atoms with E-state index in [0.717, 1.165) is 19.3 Å². The smallest absolute Gasteiger partial charge is 0.210 e. The van der Waals surface area contributed by atoms with E-state index >= 15 is 0 Å². The quantitative estimate of drug-likeness (QED) is 0.668. The van der Waals surface area contributed by atoms with E-state index in [4.69, 9.17) is 18.9 Å². The van der Waals surface area contributed by atoms with Crippen molar-refractivity contribution in [3.05, 3.63) is 0 Å². The Bertz CT molecular complexity index is 306. The molecule has 3 unspecified atom stereocenters. The summed E-state index contributed by atoms with van der Waals surface area (Å²) in [5.74, 6) is -0.430. The van der Waals surface area contributed by atoms with Crippen LogP contribution in [-0.4, -0.2) is 30.1 Å². The Kier molecular flexibility index (Phi) is 2.17. The largest absolute Gasteiger partial charge is 0.346 e. The van der Waals surface area contributed by atoms with Crippen molar-refractivity contribution in [2.75, 3.05) is 0 Å². The molecule has 6 rings (SSSR count). The molecule has 0 saturated carbocycles. The van der Waals surface area contributed by atoms with Crippen molar-refractivity contribution < 1.29 is 18.9 Å². The fourth-order valence-electron chi connectivity index (χ4n) is 3.60. The molecule has 0 amide bonds. The second-order valence-electron chi connectivity index (χ2n) is 5.74. The molecule has 6 fully saturated rings. The summed E-state index contributed by atoms with van der Waals surface area (Å²) in [6.45, 7) is 2.23. The highest BCUT2D eigenvalue weighted by atomic mass is 16.9. The molecule has 0 aromatic rings. The van der Waals surface area contributed by atoms with E-state index in [1.54, 1.807) is 0 Å². The predicted octanol–water partition coefficient (Wildman–Crippen LogP) is 2.31. The highest BCUT2D eigenvalue weighted by Crippen LogP contribution is 2.66. The summed E-state index contributed by atoms with van der Waals surface area (Å²) in [5.41, 5.74) is -0.265. The van der Waals surface area contributed by atoms with Gasteiger partial charge in [-0.25, -0.2) is 0 Å². The lowest BCUT2D eigenvalue weighted by Gasteiger charge is -2.68. The second kappa shape index (κ2) is 3.44. The van der Waals surface area contributed by atoms with Gasteiger partial charge in [-0.05, 0) is 6.42 Å². The van der Waals surface area contributed by atoms with Crippen LogP contribution in [-0.2, 0) is 18.9 Å². The molecule has 0 radical (unpaired) electrons. The van der Waals surface area contributed by atoms with Gasteiger partial charge in [0, 0.05) is 6.42 Å². The standard InChI is InChI=1S/C13H20O4/c1-2-3-4-5-6-9-12(7-10(14-9)15-12)13-8-11(16-13)17-13/h9-11H,2-8H2,1H3. The SMILES string of the molecule is CCCCCCC1OC2CC1(C13CC(O1)O3)O2. The maximum absolute atomic E-state index is 5.88. The molecule has 4 nitrogen and oxygen atoms in total. The van der Waals surface area contributed by atoms with Crippen molar-refractivity contribution >= 4 is 0 Å². The van der Waals surface area contributed by atoms with E-state index in [-0.39, 0.29) is 24.3 Å². The summed E-state index contributed by atoms with van der Waals surface area (Å²) in [7, 11) is 0. The van der Waals surface area contributed by atoms with Gasteiger partial charge in [0.25, 0.3) is 0 Å². The summed E-state index contributed by atoms with van der Waals surface area (Å²) in [5, 5.41) is 0. The van der Waals surface area contributed by atoms with E-state index in [1.807, 2.05) is 0 Å². The van der Waals surface area contributed by atoms with Gasteiger partial charge in [0.05, 0.1) is 12.5 Å². The number of unbranched alkanes of at least 4 members (excludes halogenated alkanes) is 3. The van der Waals surface area contributed by atoms with Crippen molar-refractivity contribution in [3.63, 3.8) is 0 Å². The van der Waals surface area contributed by atoms with E-state index in [9.17, 15) is 0 Å². The maximum Gasteiger partial charge on any atom is 0.210 e. The van der Waals surface area contributed by atoms with Crippen LogP contribution in [0.25, 0.3) is 0 Å². The molecule has 96 valence electrons. The molecule has 4 heteroatoms. The molecule has 0 aliphatic carbocycles. The Balaban J connectivity index is 1.38. The average molecular weight is 240 g/mol. The fourth-order valence-corrected chi connectivity index (χ4v) is 3.60. The van der Waals surface area contributed by atoms with Crippen molar-refractivity contribution in [2.24, 2.45) is 0 Å². The van der Waals surface area contributed by atoms with Crippen LogP contribution in [0.15, 0.2) is 0 Å². The number of rotatable bonds is 6. The van der Waals surface area contributed by atoms with Crippen molar-refractivity contribution in [3.8, 4) is 0 Å². The summed E-state index contributed by atoms with van der Waals surface area (Å²) >= 11 is 0. The van der Waals surface area contributed by atoms with Gasteiger partial charge in [0.15, 0.2) is 18.2 Å². The topological polar surface area (TPSA) is 36.9 Å². The van der Waals surface area contributed by atoms with E-state index in [1.165, 1.54) is 25.7 Å². The minimum absolute atomic E-state index is 0.00685. The van der Waals surface area contributed by atoms with Crippen LogP contribution in [0, 0.1) is 0 Å². The molecule has 0 aromatic heterocycles. The van der Waals surface area contributed by atoms with Crippen LogP contribution in [0.4, 0.5) is 0 Å². The van der Waals surface area contributed by atoms with Crippen LogP contribution in [0.3, 0.4) is 0 Å². The lowest BCUT2D eigenvalue weighted by atomic mass is 9.73. The fraction of sp³-hybridized carbons (Fsp3) is 1.00. The predicted molar refractivity (Wildman–Crippen MR) is 59.2 cm³/mol. The minimum Gasteiger partial charge on any atom is -0.346 e. The van der Waals surface area contributed by atoms with E-state index in [2.05, 4.69) is 6.92 Å². The van der Waals surface area contributed by atoms with Gasteiger partial charge in [0.1, 0.15) is 0 Å². The Morgan fingerprint density at radius 1 is 1.00 bits per heavy atom. The van der Waals surface area contributed by atoms with Gasteiger partial charge in [0.2, 0.25) is 5.79 Å². The molecule has 3 atom stereocenters. The lowest BCUT2D eigenvalue weighted by Crippen LogP contribution is -2.82. The first-order chi connectivity index (χ1) is 8.28. The third kappa shape index (κ3) is 1.22. The van der Waals surface area contributed by atoms with Gasteiger partial charge in [-0.3, -0.25) is 0 Å². The highest BCUT2D eigenvalue weighted by molar-refractivity contribution is 5.19. The van der Waals surface area contributed by atoms with Crippen molar-refractivity contribution in [2.45, 2.75) is 81.9 Å². The number of ether oxygens (including phenoxy) is 4. The van der Waals surface area contributed by atoms with Gasteiger partial charge < -0.3 is 18.9 Å². The van der Waals surface area contributed by atoms with Gasteiger partial charge in [-0.2, -0.15) is 0 Å². The zero-order valence-electron chi connectivity index (χ0n) is 10.3. The molecular formula is C13H20O4. The van der Waals surface area contributed by atoms with Crippen LogP contribution in [0.2, 0.25) is 0 Å². The number of hydrogen-bond donors (Lipinski definition) is 0. The van der Waals surface area contributed by atoms with Crippen LogP contribution in [0.1, 0.15) is 51.9 Å². The second-order valence-corrected chi connectivity index (χ2v) is 5.74. The molecule has 6 aliphatic rings. The van der Waals surface area contributed by atoms with Crippen molar-refractivity contribution in [1.29, 1.82) is 0 Å². The first-order valence-corrected chi connectivity index (χ1v) is 6.97. The van der Waals surface area contributed by atoms with Crippen LogP contribution in [0.5, 0.6) is 0 Å². The maximum atomic E-state index is 5.88. The first kappa shape index (κ1) is 10.7. The molecule has 6 heterocycles. The van der Waals surface area contributed by atoms with E-state index in [0.29, 0.717) is 0 Å². The first-order valence-electron chi connectivity index (χ1n) is 6.97. The minimum atomic E-state index is -0.430. The Morgan fingerprint density at radius 3 is 2.35 bits per heavy atom. The molecule has 6 saturated heterocycles. The summed E-state index contributed by atoms with van der Waals surface area (Å²) in [4.78, 5) is 0. The molecule has 17 heavy (non-hydrogen) atoms. The zero-order valence-corrected chi connectivity index (χ0v) is 10.3. The number of fused-ring (bicyclic) bond motifs is 1. The van der Waals surface area contributed by atoms with Crippen LogP contribution >= 0.6 is 0 Å². The monoisotopic (exact) mass is 240 g/mol. The molecular weight excluding hydrogens is 220 g/mol. The Hall–Kier alpha value is -0.160. The average Bonchev–Trinajstić information content (AvgIpc) is 2.61. The Morgan fingerprint density at radius 2 is 1.76 bits per heavy atom. The normalized spacial score (nSPS) is 53.8. The number of hydrogen-bond acceptors (Lipinski definition) is 4. The van der Waals surface area contributed by atoms with Crippen LogP contribution < -0.4 is 0 Å². The van der Waals surface area contributed by atoms with E-state index < -0.39 is 5.79 Å². The summed E-state index contributed by atoms with van der Waals surface area (Å²) in [6, 6.07) is 0. The molecule has 4 bridgehead atoms. The van der Waals surface area contributed by atoms with Gasteiger partial charge in [-0.15, -0.1) is 0 Å². The molecule has 0 N–H and O–H groups in total. The summed E-state index contributed by atoms with van der Waals surface area (Å²) < 4.78 is 23.1. The third-order valence-corrected chi connectivity index (χ3v) is 4.69.